The van der Waals surface area contributed by atoms with Gasteiger partial charge in [-0.25, -0.2) is 0 Å². The molecule has 0 aliphatic carbocycles. The summed E-state index contributed by atoms with van der Waals surface area (Å²) in [5, 5.41) is 55.8. The van der Waals surface area contributed by atoms with E-state index in [1.807, 2.05) is 36.4 Å². The van der Waals surface area contributed by atoms with Crippen molar-refractivity contribution in [3.05, 3.63) is 179 Å². The molecule has 0 fully saturated rings. The van der Waals surface area contributed by atoms with Crippen LogP contribution in [0.15, 0.2) is 146 Å². The quantitative estimate of drug-likeness (QED) is 0.0657. The minimum absolute atomic E-state index is 0.0995. The molecule has 368 valence electrons. The highest BCUT2D eigenvalue weighted by Crippen LogP contribution is 2.49. The van der Waals surface area contributed by atoms with E-state index in [0.717, 1.165) is 54.6 Å². The van der Waals surface area contributed by atoms with Gasteiger partial charge >= 0.3 is 7.12 Å². The molecule has 9 rings (SSSR count). The Balaban J connectivity index is 0.000000620. The molecule has 6 heteroatoms. The monoisotopic (exact) mass is 955 g/mol. The number of rotatable bonds is 11. The molecule has 0 aromatic heterocycles. The lowest BCUT2D eigenvalue weighted by Crippen LogP contribution is -2.29. The van der Waals surface area contributed by atoms with Crippen molar-refractivity contribution in [2.45, 2.75) is 119 Å². The van der Waals surface area contributed by atoms with E-state index < -0.39 is 7.12 Å². The second-order valence-electron chi connectivity index (χ2n) is 21.5. The fourth-order valence-electron chi connectivity index (χ4n) is 10.5. The number of hydrogen-bond acceptors (Lipinski definition) is 5. The summed E-state index contributed by atoms with van der Waals surface area (Å²) in [6.07, 6.45) is 0. The zero-order chi connectivity index (χ0) is 51.9. The molecule has 0 saturated heterocycles. The molecule has 5 N–H and O–H groups in total. The largest absolute Gasteiger partial charge is 0.508 e. The third-order valence-electron chi connectivity index (χ3n) is 14.5. The summed E-state index contributed by atoms with van der Waals surface area (Å²) >= 11 is 0. The van der Waals surface area contributed by atoms with Crippen molar-refractivity contribution in [2.75, 3.05) is 0 Å². The van der Waals surface area contributed by atoms with E-state index >= 15 is 0 Å². The number of hydrogen-bond donors (Lipinski definition) is 5. The van der Waals surface area contributed by atoms with Gasteiger partial charge in [-0.15, -0.1) is 0 Å². The number of aromatic hydroxyl groups is 3. The van der Waals surface area contributed by atoms with Crippen molar-refractivity contribution in [2.24, 2.45) is 0 Å². The molecule has 0 atom stereocenters. The number of phenolic OH excluding ortho intramolecular Hbond substituents is 3. The van der Waals surface area contributed by atoms with Gasteiger partial charge in [0.2, 0.25) is 0 Å². The van der Waals surface area contributed by atoms with E-state index in [1.54, 1.807) is 24.3 Å². The number of phenols is 3. The summed E-state index contributed by atoms with van der Waals surface area (Å²) < 4.78 is 0. The Morgan fingerprint density at radius 2 is 0.625 bits per heavy atom. The summed E-state index contributed by atoms with van der Waals surface area (Å²) in [6, 6.07) is 49.9. The first-order valence-corrected chi connectivity index (χ1v) is 25.8. The van der Waals surface area contributed by atoms with Gasteiger partial charge in [0, 0.05) is 16.6 Å². The van der Waals surface area contributed by atoms with Gasteiger partial charge in [-0.2, -0.15) is 0 Å². The molecule has 5 nitrogen and oxygen atoms in total. The maximum atomic E-state index is 11.5. The van der Waals surface area contributed by atoms with Crippen molar-refractivity contribution >= 4 is 44.9 Å². The molecule has 9 aromatic rings. The molecule has 9 aromatic carbocycles. The molecule has 0 bridgehead atoms. The van der Waals surface area contributed by atoms with E-state index in [2.05, 4.69) is 156 Å². The lowest BCUT2D eigenvalue weighted by Gasteiger charge is -2.24. The standard InChI is InChI=1S/C60H64O2.C6H7BO3/c1-33(2)41-27-47(35(5)6)59(48(28-41)36(7)8)39-21-23-43-51(25-39)55-31-54(46-18-14-16-20-58(46)62)44-24-22-40(26-52(44)56(55)32-53(43)45-17-13-15-19-57(45)61)60-49(37(9)10)29-42(34(3)4)30-50(60)38(11)12;8-6-4-2-1-3-5(6)7(9)10/h13-38,61-62H,1-12H3;1-4,8-10H. The lowest BCUT2D eigenvalue weighted by atomic mass is 9.80. The molecule has 0 heterocycles. The Morgan fingerprint density at radius 1 is 0.306 bits per heavy atom. The summed E-state index contributed by atoms with van der Waals surface area (Å²) in [4.78, 5) is 0. The molecule has 0 aliphatic rings. The average molecular weight is 955 g/mol. The smallest absolute Gasteiger partial charge is 0.492 e. The average Bonchev–Trinajstić information content (AvgIpc) is 3.35. The van der Waals surface area contributed by atoms with Crippen LogP contribution in [-0.4, -0.2) is 32.5 Å². The molecule has 0 unspecified atom stereocenters. The van der Waals surface area contributed by atoms with Crippen molar-refractivity contribution in [3.63, 3.8) is 0 Å². The first kappa shape index (κ1) is 51.5. The summed E-state index contributed by atoms with van der Waals surface area (Å²) in [5.41, 5.74) is 17.0. The highest BCUT2D eigenvalue weighted by Gasteiger charge is 2.24. The van der Waals surface area contributed by atoms with Crippen LogP contribution in [0, 0.1) is 0 Å². The van der Waals surface area contributed by atoms with E-state index in [1.165, 1.54) is 67.8 Å². The summed E-state index contributed by atoms with van der Waals surface area (Å²) in [6.45, 7) is 27.7. The second-order valence-corrected chi connectivity index (χ2v) is 21.5. The molecular formula is C66H71BO5. The third kappa shape index (κ3) is 10.0. The third-order valence-corrected chi connectivity index (χ3v) is 14.5. The summed E-state index contributed by atoms with van der Waals surface area (Å²) in [7, 11) is -1.60. The zero-order valence-electron chi connectivity index (χ0n) is 44.1. The molecule has 0 spiro atoms. The molecule has 0 radical (unpaired) electrons. The number of para-hydroxylation sites is 3. The highest BCUT2D eigenvalue weighted by atomic mass is 16.4. The Bertz CT molecular complexity index is 3190. The van der Waals surface area contributed by atoms with Gasteiger partial charge < -0.3 is 25.4 Å². The topological polar surface area (TPSA) is 101 Å². The van der Waals surface area contributed by atoms with Crippen molar-refractivity contribution in [3.8, 4) is 61.8 Å². The second kappa shape index (κ2) is 21.1. The Kier molecular flexibility index (Phi) is 15.1. The predicted octanol–water partition coefficient (Wildman–Crippen LogP) is 17.0. The predicted molar refractivity (Wildman–Crippen MR) is 307 cm³/mol. The van der Waals surface area contributed by atoms with Gasteiger partial charge in [-0.1, -0.05) is 186 Å². The molecule has 0 amide bonds. The number of fused-ring (bicyclic) bond motifs is 5. The van der Waals surface area contributed by atoms with Crippen molar-refractivity contribution < 1.29 is 25.4 Å². The molecular weight excluding hydrogens is 884 g/mol. The van der Waals surface area contributed by atoms with Gasteiger partial charge in [0.05, 0.1) is 0 Å². The minimum Gasteiger partial charge on any atom is -0.508 e. The van der Waals surface area contributed by atoms with Crippen LogP contribution < -0.4 is 5.46 Å². The van der Waals surface area contributed by atoms with E-state index in [4.69, 9.17) is 15.2 Å². The zero-order valence-corrected chi connectivity index (χ0v) is 44.1. The van der Waals surface area contributed by atoms with E-state index in [0.29, 0.717) is 35.5 Å². The van der Waals surface area contributed by atoms with Gasteiger partial charge in [0.15, 0.2) is 0 Å². The SMILES string of the molecule is CC(C)c1cc(C(C)C)c(-c2ccc3c(-c4ccccc4O)cc4c5cc(-c6c(C(C)C)cc(C(C)C)cc6C(C)C)ccc5c(-c5ccccc5O)cc4c3c2)c(C(C)C)c1.OB(O)c1ccccc1O. The fourth-order valence-corrected chi connectivity index (χ4v) is 10.5. The van der Waals surface area contributed by atoms with Crippen LogP contribution in [0.3, 0.4) is 0 Å². The number of benzene rings is 9. The van der Waals surface area contributed by atoms with Crippen LogP contribution in [0.25, 0.3) is 76.8 Å². The van der Waals surface area contributed by atoms with Gasteiger partial charge in [-0.3, -0.25) is 0 Å². The summed E-state index contributed by atoms with van der Waals surface area (Å²) in [5.74, 6) is 2.59. The first-order valence-electron chi connectivity index (χ1n) is 25.8. The Labute approximate surface area is 427 Å². The Hall–Kier alpha value is -6.86. The van der Waals surface area contributed by atoms with E-state index in [-0.39, 0.29) is 22.7 Å². The fraction of sp³-hybridized carbons (Fsp3) is 0.273. The van der Waals surface area contributed by atoms with Crippen LogP contribution in [0.4, 0.5) is 0 Å². The minimum atomic E-state index is -1.60. The molecule has 0 saturated carbocycles. The molecule has 0 aliphatic heterocycles. The lowest BCUT2D eigenvalue weighted by molar-refractivity contribution is 0.419. The normalized spacial score (nSPS) is 11.8. The van der Waals surface area contributed by atoms with Crippen LogP contribution in [-0.2, 0) is 0 Å². The van der Waals surface area contributed by atoms with Crippen LogP contribution in [0.5, 0.6) is 17.2 Å². The first-order chi connectivity index (χ1) is 34.3. The van der Waals surface area contributed by atoms with Gasteiger partial charge in [-0.05, 0) is 177 Å². The maximum Gasteiger partial charge on any atom is 0.492 e. The van der Waals surface area contributed by atoms with Gasteiger partial charge in [0.25, 0.3) is 0 Å². The highest BCUT2D eigenvalue weighted by molar-refractivity contribution is 6.59. The van der Waals surface area contributed by atoms with E-state index in [9.17, 15) is 10.2 Å². The van der Waals surface area contributed by atoms with Crippen molar-refractivity contribution in [1.82, 2.24) is 0 Å². The Morgan fingerprint density at radius 3 is 0.917 bits per heavy atom. The maximum absolute atomic E-state index is 11.5. The molecule has 72 heavy (non-hydrogen) atoms. The van der Waals surface area contributed by atoms with Crippen molar-refractivity contribution in [1.29, 1.82) is 0 Å². The van der Waals surface area contributed by atoms with Crippen LogP contribution >= 0.6 is 0 Å². The van der Waals surface area contributed by atoms with Crippen LogP contribution in [0.1, 0.15) is 152 Å². The van der Waals surface area contributed by atoms with Crippen LogP contribution in [0.2, 0.25) is 0 Å². The van der Waals surface area contributed by atoms with Gasteiger partial charge in [0.1, 0.15) is 17.2 Å².